The monoisotopic (exact) mass is 414 g/mol. The molecule has 0 saturated carbocycles. The van der Waals surface area contributed by atoms with Gasteiger partial charge in [0.15, 0.2) is 6.10 Å². The Labute approximate surface area is 153 Å². The van der Waals surface area contributed by atoms with Crippen molar-refractivity contribution in [2.24, 2.45) is 0 Å². The summed E-state index contributed by atoms with van der Waals surface area (Å²) in [6.45, 7) is -0.336. The molecule has 148 valence electrons. The first-order valence-corrected chi connectivity index (χ1v) is 7.79. The molecule has 0 saturated heterocycles. The van der Waals surface area contributed by atoms with E-state index in [2.05, 4.69) is 4.98 Å². The van der Waals surface area contributed by atoms with E-state index in [-0.39, 0.29) is 21.5 Å². The molecule has 2 rings (SSSR count). The molecule has 1 unspecified atom stereocenters. The van der Waals surface area contributed by atoms with E-state index in [9.17, 15) is 31.1 Å². The van der Waals surface area contributed by atoms with Crippen molar-refractivity contribution in [2.45, 2.75) is 25.4 Å². The van der Waals surface area contributed by atoms with Gasteiger partial charge in [0, 0.05) is 18.0 Å². The SMILES string of the molecule is C/C(=C(/NCC(O)C(F)(F)F)C(F)(F)F)c1cccc2[nH]c(=O)cc(Cl)c12. The van der Waals surface area contributed by atoms with E-state index < -0.39 is 41.8 Å². The molecule has 0 aliphatic carbocycles. The first kappa shape index (κ1) is 21.1. The molecule has 4 nitrogen and oxygen atoms in total. The summed E-state index contributed by atoms with van der Waals surface area (Å²) in [4.78, 5) is 13.9. The van der Waals surface area contributed by atoms with Gasteiger partial charge in [0.1, 0.15) is 5.70 Å². The van der Waals surface area contributed by atoms with Gasteiger partial charge in [-0.05, 0) is 24.1 Å². The van der Waals surface area contributed by atoms with Crippen LogP contribution in [0.15, 0.2) is 34.8 Å². The topological polar surface area (TPSA) is 65.1 Å². The van der Waals surface area contributed by atoms with Crippen molar-refractivity contribution >= 4 is 28.1 Å². The van der Waals surface area contributed by atoms with Crippen LogP contribution in [0.5, 0.6) is 0 Å². The Bertz CT molecular complexity index is 933. The molecule has 3 N–H and O–H groups in total. The van der Waals surface area contributed by atoms with Crippen molar-refractivity contribution in [3.63, 3.8) is 0 Å². The number of aromatic nitrogens is 1. The van der Waals surface area contributed by atoms with Crippen molar-refractivity contribution in [3.8, 4) is 0 Å². The first-order valence-electron chi connectivity index (χ1n) is 7.41. The molecule has 1 heterocycles. The highest BCUT2D eigenvalue weighted by atomic mass is 35.5. The lowest BCUT2D eigenvalue weighted by Gasteiger charge is -2.21. The number of H-pyrrole nitrogens is 1. The molecule has 0 spiro atoms. The third-order valence-electron chi connectivity index (χ3n) is 3.73. The summed E-state index contributed by atoms with van der Waals surface area (Å²) in [5.41, 5.74) is -2.33. The third kappa shape index (κ3) is 4.75. The van der Waals surface area contributed by atoms with E-state index in [1.54, 1.807) is 5.32 Å². The van der Waals surface area contributed by atoms with E-state index in [1.807, 2.05) is 0 Å². The van der Waals surface area contributed by atoms with Gasteiger partial charge in [0.25, 0.3) is 0 Å². The van der Waals surface area contributed by atoms with E-state index in [1.165, 1.54) is 18.2 Å². The van der Waals surface area contributed by atoms with Crippen LogP contribution in [-0.4, -0.2) is 35.1 Å². The molecule has 1 aromatic heterocycles. The maximum Gasteiger partial charge on any atom is 0.431 e. The van der Waals surface area contributed by atoms with Gasteiger partial charge in [-0.25, -0.2) is 0 Å². The van der Waals surface area contributed by atoms with Crippen LogP contribution >= 0.6 is 11.6 Å². The van der Waals surface area contributed by atoms with E-state index >= 15 is 0 Å². The Kier molecular flexibility index (Phi) is 5.81. The lowest BCUT2D eigenvalue weighted by atomic mass is 9.99. The maximum atomic E-state index is 13.4. The molecule has 0 aliphatic rings. The molecular formula is C16H13ClF6N2O2. The van der Waals surface area contributed by atoms with E-state index in [4.69, 9.17) is 16.7 Å². The number of nitrogens with one attached hydrogen (secondary N) is 2. The quantitative estimate of drug-likeness (QED) is 0.663. The van der Waals surface area contributed by atoms with Crippen LogP contribution in [0.4, 0.5) is 26.3 Å². The van der Waals surface area contributed by atoms with Gasteiger partial charge < -0.3 is 15.4 Å². The van der Waals surface area contributed by atoms with E-state index in [0.29, 0.717) is 0 Å². The fourth-order valence-electron chi connectivity index (χ4n) is 2.48. The number of alkyl halides is 6. The molecular weight excluding hydrogens is 402 g/mol. The fourth-order valence-corrected chi connectivity index (χ4v) is 2.78. The number of rotatable bonds is 4. The molecule has 2 aromatic rings. The zero-order chi connectivity index (χ0) is 20.6. The number of halogens is 7. The van der Waals surface area contributed by atoms with Gasteiger partial charge in [-0.15, -0.1) is 0 Å². The summed E-state index contributed by atoms with van der Waals surface area (Å²) in [5.74, 6) is 0. The Balaban J connectivity index is 2.60. The molecule has 11 heteroatoms. The molecule has 0 amide bonds. The fraction of sp³-hybridized carbons (Fsp3) is 0.312. The number of fused-ring (bicyclic) bond motifs is 1. The second kappa shape index (κ2) is 7.43. The van der Waals surface area contributed by atoms with Gasteiger partial charge in [-0.3, -0.25) is 4.79 Å². The smallest absolute Gasteiger partial charge is 0.382 e. The van der Waals surface area contributed by atoms with Crippen LogP contribution in [-0.2, 0) is 0 Å². The summed E-state index contributed by atoms with van der Waals surface area (Å²) in [6, 6.07) is 5.06. The predicted molar refractivity (Wildman–Crippen MR) is 88.3 cm³/mol. The van der Waals surface area contributed by atoms with Gasteiger partial charge in [0.05, 0.1) is 10.5 Å². The molecule has 1 aromatic carbocycles. The van der Waals surface area contributed by atoms with Crippen LogP contribution < -0.4 is 10.9 Å². The zero-order valence-corrected chi connectivity index (χ0v) is 14.4. The van der Waals surface area contributed by atoms with Crippen LogP contribution in [0.25, 0.3) is 16.5 Å². The van der Waals surface area contributed by atoms with Gasteiger partial charge >= 0.3 is 12.4 Å². The number of aromatic amines is 1. The number of aliphatic hydroxyl groups is 1. The maximum absolute atomic E-state index is 13.4. The number of hydrogen-bond acceptors (Lipinski definition) is 3. The normalized spacial score (nSPS) is 14.9. The highest BCUT2D eigenvalue weighted by molar-refractivity contribution is 6.36. The van der Waals surface area contributed by atoms with Crippen LogP contribution in [0, 0.1) is 0 Å². The average Bonchev–Trinajstić information content (AvgIpc) is 2.51. The summed E-state index contributed by atoms with van der Waals surface area (Å²) >= 11 is 5.98. The summed E-state index contributed by atoms with van der Waals surface area (Å²) < 4.78 is 77.3. The highest BCUT2D eigenvalue weighted by Gasteiger charge is 2.41. The van der Waals surface area contributed by atoms with Crippen molar-refractivity contribution in [1.29, 1.82) is 0 Å². The second-order valence-corrected chi connectivity index (χ2v) is 6.05. The number of allylic oxidation sites excluding steroid dienone is 2. The minimum Gasteiger partial charge on any atom is -0.382 e. The molecule has 0 aliphatic heterocycles. The lowest BCUT2D eigenvalue weighted by molar-refractivity contribution is -0.202. The van der Waals surface area contributed by atoms with Crippen LogP contribution in [0.1, 0.15) is 12.5 Å². The second-order valence-electron chi connectivity index (χ2n) is 5.65. The Morgan fingerprint density at radius 1 is 1.26 bits per heavy atom. The minimum atomic E-state index is -5.07. The minimum absolute atomic E-state index is 0.0323. The molecule has 0 fully saturated rings. The zero-order valence-electron chi connectivity index (χ0n) is 13.6. The highest BCUT2D eigenvalue weighted by Crippen LogP contribution is 2.35. The predicted octanol–water partition coefficient (Wildman–Crippen LogP) is 3.99. The van der Waals surface area contributed by atoms with Crippen LogP contribution in [0.2, 0.25) is 5.02 Å². The average molecular weight is 415 g/mol. The van der Waals surface area contributed by atoms with Crippen molar-refractivity contribution in [2.75, 3.05) is 6.54 Å². The van der Waals surface area contributed by atoms with Gasteiger partial charge in [-0.2, -0.15) is 26.3 Å². The molecule has 27 heavy (non-hydrogen) atoms. The lowest BCUT2D eigenvalue weighted by Crippen LogP contribution is -2.40. The Morgan fingerprint density at radius 3 is 2.44 bits per heavy atom. The van der Waals surface area contributed by atoms with Gasteiger partial charge in [-0.1, -0.05) is 23.7 Å². The number of benzene rings is 1. The number of aliphatic hydroxyl groups excluding tert-OH is 1. The van der Waals surface area contributed by atoms with E-state index in [0.717, 1.165) is 13.0 Å². The first-order chi connectivity index (χ1) is 12.3. The summed E-state index contributed by atoms with van der Waals surface area (Å²) in [5, 5.41) is 10.6. The van der Waals surface area contributed by atoms with Crippen molar-refractivity contribution < 1.29 is 31.4 Å². The summed E-state index contributed by atoms with van der Waals surface area (Å²) in [7, 11) is 0. The van der Waals surface area contributed by atoms with Gasteiger partial charge in [0.2, 0.25) is 5.56 Å². The molecule has 1 atom stereocenters. The van der Waals surface area contributed by atoms with Crippen molar-refractivity contribution in [1.82, 2.24) is 10.3 Å². The Morgan fingerprint density at radius 2 is 1.89 bits per heavy atom. The number of hydrogen-bond donors (Lipinski definition) is 3. The Hall–Kier alpha value is -2.20. The summed E-state index contributed by atoms with van der Waals surface area (Å²) in [6.07, 6.45) is -13.1. The van der Waals surface area contributed by atoms with Crippen molar-refractivity contribution in [3.05, 3.63) is 50.9 Å². The molecule has 0 radical (unpaired) electrons. The molecule has 0 bridgehead atoms. The standard InChI is InChI=1S/C16H13ClF6N2O2/c1-7(14(16(21,22)23)24-6-11(26)15(18,19)20)8-3-2-4-10-13(8)9(17)5-12(27)25-10/h2-5,11,24,26H,6H2,1H3,(H,25,27)/b14-7-. The third-order valence-corrected chi connectivity index (χ3v) is 4.03. The van der Waals surface area contributed by atoms with Crippen LogP contribution in [0.3, 0.4) is 0 Å². The number of pyridine rings is 1. The largest absolute Gasteiger partial charge is 0.431 e.